The van der Waals surface area contributed by atoms with Crippen molar-refractivity contribution in [3.63, 3.8) is 0 Å². The molecule has 1 aliphatic heterocycles. The zero-order valence-corrected chi connectivity index (χ0v) is 15.5. The maximum absolute atomic E-state index is 12.9. The van der Waals surface area contributed by atoms with Gasteiger partial charge in [-0.25, -0.2) is 13.1 Å². The van der Waals surface area contributed by atoms with E-state index in [4.69, 9.17) is 0 Å². The third-order valence-electron chi connectivity index (χ3n) is 4.85. The van der Waals surface area contributed by atoms with Gasteiger partial charge in [-0.15, -0.1) is 0 Å². The summed E-state index contributed by atoms with van der Waals surface area (Å²) in [6.07, 6.45) is 5.21. The lowest BCUT2D eigenvalue weighted by atomic mass is 9.98. The Bertz CT molecular complexity index is 851. The van der Waals surface area contributed by atoms with Crippen LogP contribution in [0.1, 0.15) is 25.3 Å². The zero-order chi connectivity index (χ0) is 18.0. The van der Waals surface area contributed by atoms with Gasteiger partial charge in [0.25, 0.3) is 0 Å². The fraction of sp³-hybridized carbons (Fsp3) is 0.500. The van der Waals surface area contributed by atoms with Crippen molar-refractivity contribution in [2.45, 2.75) is 32.2 Å². The van der Waals surface area contributed by atoms with Gasteiger partial charge in [-0.2, -0.15) is 0 Å². The Morgan fingerprint density at radius 1 is 1.32 bits per heavy atom. The van der Waals surface area contributed by atoms with Crippen molar-refractivity contribution in [2.24, 2.45) is 5.92 Å². The fourth-order valence-electron chi connectivity index (χ4n) is 3.41. The molecule has 3 rings (SSSR count). The van der Waals surface area contributed by atoms with Crippen molar-refractivity contribution in [3.05, 3.63) is 36.0 Å². The van der Waals surface area contributed by atoms with Crippen molar-refractivity contribution < 1.29 is 13.2 Å². The van der Waals surface area contributed by atoms with Crippen LogP contribution in [0.4, 0.5) is 0 Å². The number of hydrogen-bond donors (Lipinski definition) is 2. The highest BCUT2D eigenvalue weighted by Crippen LogP contribution is 2.21. The number of sulfonamides is 1. The van der Waals surface area contributed by atoms with Crippen molar-refractivity contribution >= 4 is 26.8 Å². The maximum atomic E-state index is 12.9. The molecular weight excluding hydrogens is 338 g/mol. The summed E-state index contributed by atoms with van der Waals surface area (Å²) in [5, 5.41) is 1.02. The number of piperidine rings is 1. The van der Waals surface area contributed by atoms with Crippen LogP contribution in [0.25, 0.3) is 10.9 Å². The maximum Gasteiger partial charge on any atom is 0.241 e. The Morgan fingerprint density at radius 2 is 2.00 bits per heavy atom. The molecule has 1 amide bonds. The number of fused-ring (bicyclic) bond motifs is 1. The predicted octanol–water partition coefficient (Wildman–Crippen LogP) is 1.89. The number of rotatable bonds is 5. The average molecular weight is 363 g/mol. The summed E-state index contributed by atoms with van der Waals surface area (Å²) in [5.74, 6) is 0.474. The number of carbonyl (C=O) groups is 1. The molecule has 2 N–H and O–H groups in total. The highest BCUT2D eigenvalue weighted by Gasteiger charge is 2.29. The van der Waals surface area contributed by atoms with Gasteiger partial charge in [0.1, 0.15) is 6.04 Å². The first-order valence-electron chi connectivity index (χ1n) is 8.64. The molecule has 1 fully saturated rings. The lowest BCUT2D eigenvalue weighted by Crippen LogP contribution is -2.51. The molecule has 1 saturated heterocycles. The van der Waals surface area contributed by atoms with Crippen LogP contribution in [-0.4, -0.2) is 49.6 Å². The number of para-hydroxylation sites is 1. The minimum Gasteiger partial charge on any atom is -0.361 e. The molecule has 0 unspecified atom stereocenters. The van der Waals surface area contributed by atoms with Gasteiger partial charge in [0.2, 0.25) is 15.9 Å². The number of aromatic nitrogens is 1. The monoisotopic (exact) mass is 363 g/mol. The first kappa shape index (κ1) is 17.9. The predicted molar refractivity (Wildman–Crippen MR) is 98.7 cm³/mol. The van der Waals surface area contributed by atoms with E-state index in [-0.39, 0.29) is 5.91 Å². The van der Waals surface area contributed by atoms with Crippen LogP contribution >= 0.6 is 0 Å². The molecular formula is C18H25N3O3S. The van der Waals surface area contributed by atoms with Gasteiger partial charge in [0, 0.05) is 30.2 Å². The van der Waals surface area contributed by atoms with E-state index >= 15 is 0 Å². The van der Waals surface area contributed by atoms with Crippen LogP contribution in [0.15, 0.2) is 30.5 Å². The Hall–Kier alpha value is -1.86. The van der Waals surface area contributed by atoms with E-state index in [1.807, 2.05) is 30.5 Å². The lowest BCUT2D eigenvalue weighted by Gasteiger charge is -2.33. The van der Waals surface area contributed by atoms with Crippen molar-refractivity contribution in [2.75, 3.05) is 19.3 Å². The minimum absolute atomic E-state index is 0.136. The van der Waals surface area contributed by atoms with Crippen LogP contribution < -0.4 is 4.72 Å². The van der Waals surface area contributed by atoms with Gasteiger partial charge in [-0.1, -0.05) is 25.1 Å². The third-order valence-corrected chi connectivity index (χ3v) is 5.56. The van der Waals surface area contributed by atoms with Crippen LogP contribution in [0.3, 0.4) is 0 Å². The number of aromatic amines is 1. The van der Waals surface area contributed by atoms with Crippen molar-refractivity contribution in [1.29, 1.82) is 0 Å². The number of benzene rings is 1. The molecule has 1 aromatic heterocycles. The molecule has 6 nitrogen and oxygen atoms in total. The number of nitrogens with zero attached hydrogens (tertiary/aromatic N) is 1. The summed E-state index contributed by atoms with van der Waals surface area (Å²) in [6, 6.07) is 7.04. The first-order valence-corrected chi connectivity index (χ1v) is 10.5. The van der Waals surface area contributed by atoms with E-state index in [0.29, 0.717) is 25.4 Å². The number of hydrogen-bond acceptors (Lipinski definition) is 3. The summed E-state index contributed by atoms with van der Waals surface area (Å²) < 4.78 is 26.1. The van der Waals surface area contributed by atoms with E-state index < -0.39 is 16.1 Å². The third kappa shape index (κ3) is 4.41. The number of H-pyrrole nitrogens is 1. The van der Waals surface area contributed by atoms with E-state index in [1.165, 1.54) is 0 Å². The molecule has 0 bridgehead atoms. The van der Waals surface area contributed by atoms with Crippen molar-refractivity contribution in [3.8, 4) is 0 Å². The molecule has 1 aliphatic rings. The Balaban J connectivity index is 1.83. The Morgan fingerprint density at radius 3 is 2.68 bits per heavy atom. The summed E-state index contributed by atoms with van der Waals surface area (Å²) in [5.41, 5.74) is 1.92. The Labute approximate surface area is 148 Å². The highest BCUT2D eigenvalue weighted by molar-refractivity contribution is 7.88. The summed E-state index contributed by atoms with van der Waals surface area (Å²) >= 11 is 0. The van der Waals surface area contributed by atoms with Gasteiger partial charge >= 0.3 is 0 Å². The van der Waals surface area contributed by atoms with Gasteiger partial charge in [-0.05, 0) is 36.8 Å². The molecule has 2 aromatic rings. The molecule has 7 heteroatoms. The number of amides is 1. The number of likely N-dealkylation sites (tertiary alicyclic amines) is 1. The zero-order valence-electron chi connectivity index (χ0n) is 14.7. The number of nitrogens with one attached hydrogen (secondary N) is 2. The van der Waals surface area contributed by atoms with E-state index in [2.05, 4.69) is 16.6 Å². The van der Waals surface area contributed by atoms with Crippen LogP contribution in [-0.2, 0) is 21.2 Å². The molecule has 0 aliphatic carbocycles. The SMILES string of the molecule is CC1CCN(C(=O)[C@@H](Cc2c[nH]c3ccccc23)NS(C)(=O)=O)CC1. The fourth-order valence-corrected chi connectivity index (χ4v) is 4.11. The molecule has 25 heavy (non-hydrogen) atoms. The molecule has 0 radical (unpaired) electrons. The lowest BCUT2D eigenvalue weighted by molar-refractivity contribution is -0.134. The summed E-state index contributed by atoms with van der Waals surface area (Å²) in [6.45, 7) is 3.56. The van der Waals surface area contributed by atoms with E-state index in [1.54, 1.807) is 4.90 Å². The van der Waals surface area contributed by atoms with Crippen LogP contribution in [0.5, 0.6) is 0 Å². The molecule has 0 spiro atoms. The second kappa shape index (κ2) is 7.17. The number of carbonyl (C=O) groups excluding carboxylic acids is 1. The smallest absolute Gasteiger partial charge is 0.241 e. The van der Waals surface area contributed by atoms with Crippen molar-refractivity contribution in [1.82, 2.24) is 14.6 Å². The van der Waals surface area contributed by atoms with Gasteiger partial charge in [-0.3, -0.25) is 4.79 Å². The van der Waals surface area contributed by atoms with Crippen LogP contribution in [0, 0.1) is 5.92 Å². The molecule has 136 valence electrons. The van der Waals surface area contributed by atoms with Gasteiger partial charge < -0.3 is 9.88 Å². The Kier molecular flexibility index (Phi) is 5.15. The topological polar surface area (TPSA) is 82.3 Å². The second-order valence-corrected chi connectivity index (χ2v) is 8.79. The largest absolute Gasteiger partial charge is 0.361 e. The summed E-state index contributed by atoms with van der Waals surface area (Å²) in [7, 11) is -3.48. The van der Waals surface area contributed by atoms with Gasteiger partial charge in [0.05, 0.1) is 6.26 Å². The summed E-state index contributed by atoms with van der Waals surface area (Å²) in [4.78, 5) is 17.9. The minimum atomic E-state index is -3.48. The molecule has 1 aromatic carbocycles. The first-order chi connectivity index (χ1) is 11.8. The van der Waals surface area contributed by atoms with E-state index in [9.17, 15) is 13.2 Å². The van der Waals surface area contributed by atoms with Crippen LogP contribution in [0.2, 0.25) is 0 Å². The molecule has 2 heterocycles. The quantitative estimate of drug-likeness (QED) is 0.851. The van der Waals surface area contributed by atoms with Gasteiger partial charge in [0.15, 0.2) is 0 Å². The highest BCUT2D eigenvalue weighted by atomic mass is 32.2. The second-order valence-electron chi connectivity index (χ2n) is 7.01. The molecule has 0 saturated carbocycles. The standard InChI is InChI=1S/C18H25N3O3S/c1-13-7-9-21(10-8-13)18(22)17(20-25(2,23)24)11-14-12-19-16-6-4-3-5-15(14)16/h3-6,12-13,17,19-20H,7-11H2,1-2H3/t17-/m1/s1. The van der Waals surface area contributed by atoms with E-state index in [0.717, 1.165) is 35.6 Å². The average Bonchev–Trinajstić information content (AvgIpc) is 2.96. The normalized spacial score (nSPS) is 17.8. The molecule has 1 atom stereocenters.